The minimum Gasteiger partial charge on any atom is -0.382 e. The lowest BCUT2D eigenvalue weighted by atomic mass is 10.1. The molecule has 0 aromatic heterocycles. The summed E-state index contributed by atoms with van der Waals surface area (Å²) in [4.78, 5) is 7.12. The van der Waals surface area contributed by atoms with E-state index < -0.39 is 0 Å². The first-order valence-electron chi connectivity index (χ1n) is 8.55. The fraction of sp³-hybridized carbons (Fsp3) is 0.938. The Morgan fingerprint density at radius 2 is 2.27 bits per heavy atom. The van der Waals surface area contributed by atoms with Crippen LogP contribution >= 0.6 is 0 Å². The van der Waals surface area contributed by atoms with Crippen LogP contribution in [0, 0.1) is 5.92 Å². The van der Waals surface area contributed by atoms with Gasteiger partial charge >= 0.3 is 0 Å². The van der Waals surface area contributed by atoms with Gasteiger partial charge in [0.2, 0.25) is 0 Å². The van der Waals surface area contributed by atoms with E-state index in [2.05, 4.69) is 17.1 Å². The molecule has 2 fully saturated rings. The minimum atomic E-state index is 0.310. The average molecular weight is 313 g/mol. The van der Waals surface area contributed by atoms with E-state index in [4.69, 9.17) is 19.2 Å². The second kappa shape index (κ2) is 10.0. The van der Waals surface area contributed by atoms with Gasteiger partial charge in [0.1, 0.15) is 0 Å². The largest absolute Gasteiger partial charge is 0.382 e. The molecule has 2 aliphatic heterocycles. The third kappa shape index (κ3) is 5.74. The van der Waals surface area contributed by atoms with Crippen LogP contribution in [0.3, 0.4) is 0 Å². The lowest BCUT2D eigenvalue weighted by Gasteiger charge is -2.22. The van der Waals surface area contributed by atoms with Crippen molar-refractivity contribution >= 4 is 5.96 Å². The first-order chi connectivity index (χ1) is 10.8. The Bertz CT molecular complexity index is 333. The Labute approximate surface area is 134 Å². The van der Waals surface area contributed by atoms with E-state index in [9.17, 15) is 0 Å². The molecular formula is C16H31N3O3. The highest BCUT2D eigenvalue weighted by atomic mass is 16.5. The Morgan fingerprint density at radius 1 is 1.36 bits per heavy atom. The van der Waals surface area contributed by atoms with Gasteiger partial charge in [-0.1, -0.05) is 0 Å². The Balaban J connectivity index is 1.75. The van der Waals surface area contributed by atoms with Crippen molar-refractivity contribution in [3.63, 3.8) is 0 Å². The van der Waals surface area contributed by atoms with Gasteiger partial charge in [-0.3, -0.25) is 4.99 Å². The molecule has 22 heavy (non-hydrogen) atoms. The standard InChI is InChI=1S/C16H31N3O3/c1-3-17-16(18-11-15-5-4-8-22-15)19-7-6-14(12-19)13-21-10-9-20-2/h14-15H,3-13H2,1-2H3,(H,17,18). The van der Waals surface area contributed by atoms with Gasteiger partial charge in [-0.05, 0) is 26.2 Å². The molecule has 2 saturated heterocycles. The van der Waals surface area contributed by atoms with E-state index in [1.54, 1.807) is 7.11 Å². The zero-order valence-corrected chi connectivity index (χ0v) is 14.1. The molecule has 1 N–H and O–H groups in total. The van der Waals surface area contributed by atoms with Crippen molar-refractivity contribution in [2.45, 2.75) is 32.3 Å². The van der Waals surface area contributed by atoms with Crippen LogP contribution in [0.2, 0.25) is 0 Å². The number of rotatable bonds is 8. The summed E-state index contributed by atoms with van der Waals surface area (Å²) in [6.45, 7) is 8.90. The number of hydrogen-bond donors (Lipinski definition) is 1. The van der Waals surface area contributed by atoms with E-state index >= 15 is 0 Å². The molecule has 2 heterocycles. The summed E-state index contributed by atoms with van der Waals surface area (Å²) in [5.41, 5.74) is 0. The molecule has 0 amide bonds. The van der Waals surface area contributed by atoms with Gasteiger partial charge in [0, 0.05) is 39.3 Å². The summed E-state index contributed by atoms with van der Waals surface area (Å²) < 4.78 is 16.3. The number of nitrogens with one attached hydrogen (secondary N) is 1. The maximum absolute atomic E-state index is 5.66. The zero-order chi connectivity index (χ0) is 15.6. The van der Waals surface area contributed by atoms with Gasteiger partial charge in [0.05, 0.1) is 32.5 Å². The normalized spacial score (nSPS) is 25.9. The predicted octanol–water partition coefficient (Wildman–Crippen LogP) is 1.12. The highest BCUT2D eigenvalue weighted by molar-refractivity contribution is 5.80. The van der Waals surface area contributed by atoms with Crippen LogP contribution in [0.25, 0.3) is 0 Å². The summed E-state index contributed by atoms with van der Waals surface area (Å²) >= 11 is 0. The summed E-state index contributed by atoms with van der Waals surface area (Å²) in [5, 5.41) is 3.41. The van der Waals surface area contributed by atoms with E-state index in [1.165, 1.54) is 6.42 Å². The smallest absolute Gasteiger partial charge is 0.194 e. The Kier molecular flexibility index (Phi) is 7.98. The second-order valence-electron chi connectivity index (χ2n) is 6.00. The van der Waals surface area contributed by atoms with Crippen molar-refractivity contribution in [1.29, 1.82) is 0 Å². The summed E-state index contributed by atoms with van der Waals surface area (Å²) in [7, 11) is 1.70. The maximum Gasteiger partial charge on any atom is 0.194 e. The Morgan fingerprint density at radius 3 is 3.00 bits per heavy atom. The first kappa shape index (κ1) is 17.5. The van der Waals surface area contributed by atoms with Crippen LogP contribution in [-0.2, 0) is 14.2 Å². The molecule has 6 heteroatoms. The van der Waals surface area contributed by atoms with Crippen LogP contribution in [-0.4, -0.2) is 76.7 Å². The van der Waals surface area contributed by atoms with E-state index in [0.29, 0.717) is 25.2 Å². The van der Waals surface area contributed by atoms with Crippen LogP contribution in [0.1, 0.15) is 26.2 Å². The van der Waals surface area contributed by atoms with Crippen molar-refractivity contribution in [1.82, 2.24) is 10.2 Å². The number of likely N-dealkylation sites (tertiary alicyclic amines) is 1. The summed E-state index contributed by atoms with van der Waals surface area (Å²) in [6.07, 6.45) is 3.78. The predicted molar refractivity (Wildman–Crippen MR) is 87.3 cm³/mol. The van der Waals surface area contributed by atoms with Gasteiger partial charge < -0.3 is 24.4 Å². The second-order valence-corrected chi connectivity index (χ2v) is 6.00. The molecule has 0 saturated carbocycles. The molecule has 0 radical (unpaired) electrons. The molecule has 2 unspecified atom stereocenters. The van der Waals surface area contributed by atoms with Gasteiger partial charge in [-0.2, -0.15) is 0 Å². The highest BCUT2D eigenvalue weighted by Crippen LogP contribution is 2.17. The quantitative estimate of drug-likeness (QED) is 0.413. The third-order valence-corrected chi connectivity index (χ3v) is 4.17. The van der Waals surface area contributed by atoms with Crippen LogP contribution in [0.15, 0.2) is 4.99 Å². The van der Waals surface area contributed by atoms with E-state index in [1.807, 2.05) is 0 Å². The molecule has 2 aliphatic rings. The third-order valence-electron chi connectivity index (χ3n) is 4.17. The van der Waals surface area contributed by atoms with Gasteiger partial charge in [0.25, 0.3) is 0 Å². The van der Waals surface area contributed by atoms with E-state index in [0.717, 1.165) is 58.2 Å². The average Bonchev–Trinajstić information content (AvgIpc) is 3.19. The fourth-order valence-electron chi connectivity index (χ4n) is 2.96. The van der Waals surface area contributed by atoms with Crippen molar-refractivity contribution in [3.8, 4) is 0 Å². The SMILES string of the molecule is CCNC(=NCC1CCCO1)N1CCC(COCCOC)C1. The van der Waals surface area contributed by atoms with Gasteiger partial charge in [-0.25, -0.2) is 0 Å². The lowest BCUT2D eigenvalue weighted by Crippen LogP contribution is -2.40. The van der Waals surface area contributed by atoms with E-state index in [-0.39, 0.29) is 0 Å². The van der Waals surface area contributed by atoms with Crippen LogP contribution < -0.4 is 5.32 Å². The molecule has 0 aromatic rings. The van der Waals surface area contributed by atoms with Crippen molar-refractivity contribution < 1.29 is 14.2 Å². The molecule has 128 valence electrons. The monoisotopic (exact) mass is 313 g/mol. The van der Waals surface area contributed by atoms with Crippen LogP contribution in [0.4, 0.5) is 0 Å². The highest BCUT2D eigenvalue weighted by Gasteiger charge is 2.25. The molecule has 2 rings (SSSR count). The van der Waals surface area contributed by atoms with Crippen molar-refractivity contribution in [2.75, 3.05) is 59.7 Å². The number of guanidine groups is 1. The molecule has 0 spiro atoms. The van der Waals surface area contributed by atoms with Gasteiger partial charge in [-0.15, -0.1) is 0 Å². The lowest BCUT2D eigenvalue weighted by molar-refractivity contribution is 0.0536. The molecule has 6 nitrogen and oxygen atoms in total. The van der Waals surface area contributed by atoms with Gasteiger partial charge in [0.15, 0.2) is 5.96 Å². The molecule has 2 atom stereocenters. The number of methoxy groups -OCH3 is 1. The first-order valence-corrected chi connectivity index (χ1v) is 8.55. The van der Waals surface area contributed by atoms with Crippen molar-refractivity contribution in [2.24, 2.45) is 10.9 Å². The molecule has 0 bridgehead atoms. The zero-order valence-electron chi connectivity index (χ0n) is 14.1. The minimum absolute atomic E-state index is 0.310. The number of nitrogens with zero attached hydrogens (tertiary/aromatic N) is 2. The number of hydrogen-bond acceptors (Lipinski definition) is 4. The van der Waals surface area contributed by atoms with Crippen molar-refractivity contribution in [3.05, 3.63) is 0 Å². The Hall–Kier alpha value is -0.850. The fourth-order valence-corrected chi connectivity index (χ4v) is 2.96. The summed E-state index contributed by atoms with van der Waals surface area (Å²) in [6, 6.07) is 0. The molecular weight excluding hydrogens is 282 g/mol. The van der Waals surface area contributed by atoms with Crippen LogP contribution in [0.5, 0.6) is 0 Å². The number of ether oxygens (including phenoxy) is 3. The molecule has 0 aliphatic carbocycles. The topological polar surface area (TPSA) is 55.3 Å². The maximum atomic E-state index is 5.66. The number of aliphatic imine (C=N–C) groups is 1. The molecule has 0 aromatic carbocycles. The summed E-state index contributed by atoms with van der Waals surface area (Å²) in [5.74, 6) is 1.61.